The van der Waals surface area contributed by atoms with E-state index >= 15 is 0 Å². The fourth-order valence-corrected chi connectivity index (χ4v) is 9.13. The van der Waals surface area contributed by atoms with E-state index in [-0.39, 0.29) is 39.8 Å². The van der Waals surface area contributed by atoms with Crippen LogP contribution in [0.3, 0.4) is 0 Å². The lowest BCUT2D eigenvalue weighted by atomic mass is 9.44. The van der Waals surface area contributed by atoms with Gasteiger partial charge >= 0.3 is 11.9 Å². The van der Waals surface area contributed by atoms with Gasteiger partial charge in [0, 0.05) is 17.9 Å². The molecule has 0 amide bonds. The van der Waals surface area contributed by atoms with Gasteiger partial charge in [0.25, 0.3) is 0 Å². The lowest BCUT2D eigenvalue weighted by Crippen LogP contribution is -2.56. The largest absolute Gasteiger partial charge is 0.478 e. The van der Waals surface area contributed by atoms with Gasteiger partial charge in [-0.05, 0) is 97.0 Å². The van der Waals surface area contributed by atoms with Crippen molar-refractivity contribution in [1.29, 1.82) is 0 Å². The van der Waals surface area contributed by atoms with Crippen LogP contribution in [0.5, 0.6) is 0 Å². The molecule has 8 atom stereocenters. The predicted octanol–water partition coefficient (Wildman–Crippen LogP) is 6.86. The fourth-order valence-electron chi connectivity index (χ4n) is 9.13. The summed E-state index contributed by atoms with van der Waals surface area (Å²) in [5, 5.41) is 20.1. The second kappa shape index (κ2) is 9.39. The monoisotopic (exact) mass is 512 g/mol. The summed E-state index contributed by atoms with van der Waals surface area (Å²) in [5.41, 5.74) is 2.68. The Balaban J connectivity index is 1.73. The molecule has 0 aliphatic heterocycles. The molecule has 2 N–H and O–H groups in total. The molecular formula is C32H48O5. The predicted molar refractivity (Wildman–Crippen MR) is 146 cm³/mol. The Kier molecular flexibility index (Phi) is 7.14. The first-order valence-electron chi connectivity index (χ1n) is 14.3. The maximum absolute atomic E-state index is 12.3. The molecule has 0 aromatic carbocycles. The van der Waals surface area contributed by atoms with Gasteiger partial charge < -0.3 is 14.9 Å². The highest BCUT2D eigenvalue weighted by Gasteiger charge is 2.67. The van der Waals surface area contributed by atoms with Crippen molar-refractivity contribution in [3.8, 4) is 0 Å². The summed E-state index contributed by atoms with van der Waals surface area (Å²) >= 11 is 0. The van der Waals surface area contributed by atoms with Gasteiger partial charge in [-0.15, -0.1) is 0 Å². The van der Waals surface area contributed by atoms with Crippen molar-refractivity contribution in [3.05, 3.63) is 34.9 Å². The number of aliphatic hydroxyl groups excluding tert-OH is 1. The van der Waals surface area contributed by atoms with E-state index < -0.39 is 5.97 Å². The molecule has 2 saturated carbocycles. The number of carboxylic acids is 1. The summed E-state index contributed by atoms with van der Waals surface area (Å²) in [6, 6.07) is 0. The van der Waals surface area contributed by atoms with Gasteiger partial charge in [0.15, 0.2) is 0 Å². The van der Waals surface area contributed by atoms with Crippen LogP contribution in [0.25, 0.3) is 0 Å². The van der Waals surface area contributed by atoms with Crippen LogP contribution in [0.1, 0.15) is 100 Å². The average molecular weight is 513 g/mol. The summed E-state index contributed by atoms with van der Waals surface area (Å²) in [5.74, 6) is 0.0188. The number of allylic oxidation sites excluding steroid dienone is 4. The van der Waals surface area contributed by atoms with E-state index in [2.05, 4.69) is 53.7 Å². The zero-order chi connectivity index (χ0) is 27.6. The minimum Gasteiger partial charge on any atom is -0.478 e. The molecule has 37 heavy (non-hydrogen) atoms. The number of carbonyl (C=O) groups is 2. The lowest BCUT2D eigenvalue weighted by Gasteiger charge is -2.61. The number of aliphatic hydroxyl groups is 1. The molecule has 4 rings (SSSR count). The van der Waals surface area contributed by atoms with Crippen LogP contribution in [-0.2, 0) is 14.3 Å². The van der Waals surface area contributed by atoms with Gasteiger partial charge in [-0.3, -0.25) is 4.79 Å². The van der Waals surface area contributed by atoms with Gasteiger partial charge in [-0.2, -0.15) is 0 Å². The van der Waals surface area contributed by atoms with Gasteiger partial charge in [0.1, 0.15) is 6.10 Å². The van der Waals surface area contributed by atoms with Crippen LogP contribution in [0, 0.1) is 39.4 Å². The molecule has 4 aliphatic rings. The maximum atomic E-state index is 12.3. The van der Waals surface area contributed by atoms with E-state index in [0.29, 0.717) is 23.3 Å². The third-order valence-corrected chi connectivity index (χ3v) is 11.7. The first-order valence-corrected chi connectivity index (χ1v) is 14.3. The maximum Gasteiger partial charge on any atom is 0.330 e. The second-order valence-electron chi connectivity index (χ2n) is 13.8. The van der Waals surface area contributed by atoms with Crippen molar-refractivity contribution in [1.82, 2.24) is 0 Å². The summed E-state index contributed by atoms with van der Waals surface area (Å²) in [6.45, 7) is 17.1. The number of fused-ring (bicyclic) bond motifs is 5. The van der Waals surface area contributed by atoms with E-state index in [1.54, 1.807) is 6.92 Å². The number of hydrogen-bond acceptors (Lipinski definition) is 4. The zero-order valence-corrected chi connectivity index (χ0v) is 24.2. The van der Waals surface area contributed by atoms with Gasteiger partial charge in [0.05, 0.1) is 6.10 Å². The first kappa shape index (κ1) is 28.1. The third-order valence-electron chi connectivity index (χ3n) is 11.7. The van der Waals surface area contributed by atoms with Crippen molar-refractivity contribution in [2.45, 2.75) is 113 Å². The van der Waals surface area contributed by atoms with Gasteiger partial charge in [-0.1, -0.05) is 59.8 Å². The van der Waals surface area contributed by atoms with Crippen LogP contribution >= 0.6 is 0 Å². The Morgan fingerprint density at radius 1 is 1.14 bits per heavy atom. The Morgan fingerprint density at radius 3 is 2.43 bits per heavy atom. The van der Waals surface area contributed by atoms with Crippen molar-refractivity contribution in [3.63, 3.8) is 0 Å². The molecule has 206 valence electrons. The Bertz CT molecular complexity index is 1050. The summed E-state index contributed by atoms with van der Waals surface area (Å²) in [4.78, 5) is 23.6. The van der Waals surface area contributed by atoms with E-state index in [1.165, 1.54) is 18.1 Å². The quantitative estimate of drug-likeness (QED) is 0.300. The number of ether oxygens (including phenoxy) is 1. The lowest BCUT2D eigenvalue weighted by molar-refractivity contribution is -0.152. The molecule has 5 heteroatoms. The number of rotatable bonds is 6. The molecule has 2 fully saturated rings. The molecule has 0 aromatic rings. The van der Waals surface area contributed by atoms with E-state index in [0.717, 1.165) is 44.9 Å². The number of esters is 1. The Labute approximate surface area is 223 Å². The summed E-state index contributed by atoms with van der Waals surface area (Å²) in [6.07, 6.45) is 12.4. The zero-order valence-electron chi connectivity index (χ0n) is 24.2. The smallest absolute Gasteiger partial charge is 0.330 e. The highest BCUT2D eigenvalue weighted by atomic mass is 16.5. The number of carbonyl (C=O) groups excluding carboxylic acids is 1. The minimum absolute atomic E-state index is 0.000777. The molecule has 0 bridgehead atoms. The Morgan fingerprint density at radius 2 is 1.81 bits per heavy atom. The van der Waals surface area contributed by atoms with E-state index in [4.69, 9.17) is 4.74 Å². The number of hydrogen-bond donors (Lipinski definition) is 2. The molecule has 0 unspecified atom stereocenters. The van der Waals surface area contributed by atoms with E-state index in [9.17, 15) is 19.8 Å². The summed E-state index contributed by atoms with van der Waals surface area (Å²) in [7, 11) is 0. The fraction of sp³-hybridized carbons (Fsp3) is 0.750. The van der Waals surface area contributed by atoms with Crippen molar-refractivity contribution in [2.75, 3.05) is 0 Å². The van der Waals surface area contributed by atoms with Crippen molar-refractivity contribution in [2.24, 2.45) is 39.4 Å². The molecular weight excluding hydrogens is 464 g/mol. The van der Waals surface area contributed by atoms with Gasteiger partial charge in [-0.25, -0.2) is 4.79 Å². The van der Waals surface area contributed by atoms with Crippen LogP contribution in [0.2, 0.25) is 0 Å². The van der Waals surface area contributed by atoms with Crippen LogP contribution in [-0.4, -0.2) is 34.4 Å². The molecule has 0 saturated heterocycles. The highest BCUT2D eigenvalue weighted by molar-refractivity contribution is 5.85. The third kappa shape index (κ3) is 4.15. The van der Waals surface area contributed by atoms with Gasteiger partial charge in [0.2, 0.25) is 0 Å². The number of aliphatic carboxylic acids is 1. The molecule has 0 spiro atoms. The Hall–Kier alpha value is -1.88. The molecule has 0 aromatic heterocycles. The minimum atomic E-state index is -0.859. The second-order valence-corrected chi connectivity index (χ2v) is 13.8. The summed E-state index contributed by atoms with van der Waals surface area (Å²) < 4.78 is 6.14. The SMILES string of the molecule is CC(=O)O[C@H]1C[C@H]([C@H](C)CC/C=C(\C)C(=O)O)[C@@]2(C)CC=C3C(=CC[C@H]4C(C)(C)[C@@H](O)CC[C@]34C)[C@]12C. The van der Waals surface area contributed by atoms with Crippen molar-refractivity contribution < 1.29 is 24.5 Å². The molecule has 0 radical (unpaired) electrons. The molecule has 0 heterocycles. The van der Waals surface area contributed by atoms with E-state index in [1.807, 2.05) is 6.08 Å². The standard InChI is InChI=1S/C32H48O5/c1-19(10-9-11-20(2)28(35)36)24-18-27(37-21(3)33)32(8)23-12-13-25-29(4,5)26(34)15-16-30(25,6)22(23)14-17-31(24,32)7/h11-12,14,19,24-27,34H,9-10,13,15-18H2,1-8H3,(H,35,36)/b20-11+/t19-,24-,25+,26+,27+,30-,31-,32-/m1/s1. The highest BCUT2D eigenvalue weighted by Crippen LogP contribution is 2.72. The topological polar surface area (TPSA) is 83.8 Å². The number of carboxylic acid groups (broad SMARTS) is 1. The molecule has 5 nitrogen and oxygen atoms in total. The van der Waals surface area contributed by atoms with Crippen LogP contribution in [0.15, 0.2) is 34.9 Å². The van der Waals surface area contributed by atoms with Crippen LogP contribution in [0.4, 0.5) is 0 Å². The normalized spacial score (nSPS) is 41.5. The van der Waals surface area contributed by atoms with Crippen LogP contribution < -0.4 is 0 Å². The molecule has 4 aliphatic carbocycles. The average Bonchev–Trinajstić information content (AvgIpc) is 3.03. The van der Waals surface area contributed by atoms with Crippen molar-refractivity contribution >= 4 is 11.9 Å². The first-order chi connectivity index (χ1) is 17.1.